The molecule has 2 amide bonds. The lowest BCUT2D eigenvalue weighted by Gasteiger charge is -2.34. The van der Waals surface area contributed by atoms with Gasteiger partial charge in [0.15, 0.2) is 11.5 Å². The summed E-state index contributed by atoms with van der Waals surface area (Å²) in [6.07, 6.45) is 3.34. The molecule has 0 saturated carbocycles. The van der Waals surface area contributed by atoms with Gasteiger partial charge in [0.05, 0.1) is 6.20 Å². The van der Waals surface area contributed by atoms with E-state index in [1.165, 1.54) is 11.1 Å². The van der Waals surface area contributed by atoms with Gasteiger partial charge in [0.2, 0.25) is 0 Å². The Labute approximate surface area is 224 Å². The van der Waals surface area contributed by atoms with Crippen LogP contribution in [0.3, 0.4) is 0 Å². The fourth-order valence-electron chi connectivity index (χ4n) is 4.59. The van der Waals surface area contributed by atoms with Crippen molar-refractivity contribution in [2.75, 3.05) is 37.4 Å². The van der Waals surface area contributed by atoms with E-state index in [1.807, 2.05) is 62.6 Å². The average molecular weight is 516 g/mol. The first-order valence-electron chi connectivity index (χ1n) is 13.0. The smallest absolute Gasteiger partial charge is 0.271 e. The number of hydrogen-bond acceptors (Lipinski definition) is 7. The van der Waals surface area contributed by atoms with Crippen LogP contribution in [0.15, 0.2) is 54.7 Å². The zero-order valence-electron chi connectivity index (χ0n) is 22.6. The number of aromatic nitrogens is 2. The topological polar surface area (TPSA) is 116 Å². The number of carbonyl (C=O) groups excluding carboxylic acids is 2. The normalized spacial score (nSPS) is 15.5. The second kappa shape index (κ2) is 12.0. The zero-order valence-corrected chi connectivity index (χ0v) is 22.6. The molecular weight excluding hydrogens is 478 g/mol. The van der Waals surface area contributed by atoms with Gasteiger partial charge in [-0.2, -0.15) is 0 Å². The molecule has 0 unspecified atom stereocenters. The third kappa shape index (κ3) is 6.86. The quantitative estimate of drug-likeness (QED) is 0.396. The van der Waals surface area contributed by atoms with Crippen LogP contribution in [0.2, 0.25) is 0 Å². The van der Waals surface area contributed by atoms with E-state index in [4.69, 9.17) is 10.7 Å². The van der Waals surface area contributed by atoms with Gasteiger partial charge in [-0.1, -0.05) is 38.1 Å². The minimum atomic E-state index is -0.650. The van der Waals surface area contributed by atoms with Crippen LogP contribution in [-0.2, 0) is 6.54 Å². The Morgan fingerprint density at radius 3 is 2.45 bits per heavy atom. The summed E-state index contributed by atoms with van der Waals surface area (Å²) in [7, 11) is 4.04. The molecule has 200 valence electrons. The van der Waals surface area contributed by atoms with Crippen LogP contribution in [0.1, 0.15) is 64.6 Å². The molecule has 1 aromatic heterocycles. The van der Waals surface area contributed by atoms with Crippen molar-refractivity contribution in [3.05, 3.63) is 77.1 Å². The summed E-state index contributed by atoms with van der Waals surface area (Å²) >= 11 is 0. The van der Waals surface area contributed by atoms with Gasteiger partial charge in [-0.05, 0) is 68.2 Å². The summed E-state index contributed by atoms with van der Waals surface area (Å²) < 4.78 is 0. The van der Waals surface area contributed by atoms with Crippen molar-refractivity contribution >= 4 is 29.1 Å². The zero-order chi connectivity index (χ0) is 27.2. The fraction of sp³-hybridized carbons (Fsp3) is 0.379. The number of nitrogens with two attached hydrogens (primary N) is 1. The van der Waals surface area contributed by atoms with Crippen LogP contribution in [0.25, 0.3) is 0 Å². The minimum absolute atomic E-state index is 0.0284. The summed E-state index contributed by atoms with van der Waals surface area (Å²) in [5.74, 6) is 0.627. The molecule has 1 atom stereocenters. The molecule has 38 heavy (non-hydrogen) atoms. The molecule has 2 aromatic carbocycles. The first-order chi connectivity index (χ1) is 18.2. The number of amides is 2. The number of hydrogen-bond donors (Lipinski definition) is 3. The average Bonchev–Trinajstić information content (AvgIpc) is 2.89. The van der Waals surface area contributed by atoms with Crippen molar-refractivity contribution in [2.45, 2.75) is 45.2 Å². The molecule has 1 aliphatic rings. The SMILES string of the molecule is CC(C)c1ccc(C(=O)N[C@@H]2CCCN(c3cnc(C(N)=O)c(Nc4ccc(CN(C)C)cc4)n3)C2)cc1. The standard InChI is InChI=1S/C29H37N7O2/c1-19(2)21-9-11-22(12-10-21)29(38)33-24-6-5-15-36(18-24)25-16-31-26(27(30)37)28(34-25)32-23-13-7-20(8-14-23)17-35(3)4/h7-14,16,19,24H,5-6,15,17-18H2,1-4H3,(H2,30,37)(H,32,34)(H,33,38)/t24-/m1/s1. The van der Waals surface area contributed by atoms with E-state index in [9.17, 15) is 9.59 Å². The minimum Gasteiger partial charge on any atom is -0.364 e. The van der Waals surface area contributed by atoms with Gasteiger partial charge in [-0.15, -0.1) is 0 Å². The molecule has 9 heteroatoms. The molecular formula is C29H37N7O2. The number of anilines is 3. The first-order valence-corrected chi connectivity index (χ1v) is 13.0. The van der Waals surface area contributed by atoms with Gasteiger partial charge >= 0.3 is 0 Å². The molecule has 0 aliphatic carbocycles. The van der Waals surface area contributed by atoms with Crippen molar-refractivity contribution < 1.29 is 9.59 Å². The van der Waals surface area contributed by atoms with Crippen LogP contribution in [0, 0.1) is 0 Å². The molecule has 1 aliphatic heterocycles. The van der Waals surface area contributed by atoms with E-state index in [0.717, 1.165) is 31.6 Å². The predicted octanol–water partition coefficient (Wildman–Crippen LogP) is 3.90. The van der Waals surface area contributed by atoms with E-state index in [0.29, 0.717) is 29.7 Å². The molecule has 1 saturated heterocycles. The van der Waals surface area contributed by atoms with Gasteiger partial charge in [-0.25, -0.2) is 9.97 Å². The summed E-state index contributed by atoms with van der Waals surface area (Å²) in [4.78, 5) is 38.1. The van der Waals surface area contributed by atoms with Crippen LogP contribution >= 0.6 is 0 Å². The van der Waals surface area contributed by atoms with Crippen LogP contribution in [-0.4, -0.2) is 59.9 Å². The molecule has 0 spiro atoms. The van der Waals surface area contributed by atoms with E-state index < -0.39 is 5.91 Å². The Kier molecular flexibility index (Phi) is 8.58. The number of rotatable bonds is 9. The maximum absolute atomic E-state index is 12.9. The molecule has 9 nitrogen and oxygen atoms in total. The number of primary amides is 1. The highest BCUT2D eigenvalue weighted by Crippen LogP contribution is 2.24. The summed E-state index contributed by atoms with van der Waals surface area (Å²) in [5.41, 5.74) is 9.49. The van der Waals surface area contributed by atoms with Gasteiger partial charge in [0.1, 0.15) is 5.82 Å². The number of nitrogens with one attached hydrogen (secondary N) is 2. The number of piperidine rings is 1. The number of carbonyl (C=O) groups is 2. The Hall–Kier alpha value is -3.98. The lowest BCUT2D eigenvalue weighted by atomic mass is 10.0. The lowest BCUT2D eigenvalue weighted by molar-refractivity contribution is 0.0932. The van der Waals surface area contributed by atoms with Crippen LogP contribution < -0.4 is 21.3 Å². The van der Waals surface area contributed by atoms with Gasteiger partial charge in [-0.3, -0.25) is 9.59 Å². The molecule has 4 N–H and O–H groups in total. The third-order valence-electron chi connectivity index (χ3n) is 6.63. The molecule has 3 aromatic rings. The highest BCUT2D eigenvalue weighted by atomic mass is 16.2. The van der Waals surface area contributed by atoms with E-state index in [1.54, 1.807) is 6.20 Å². The summed E-state index contributed by atoms with van der Waals surface area (Å²) in [6, 6.07) is 15.7. The van der Waals surface area contributed by atoms with Gasteiger partial charge in [0, 0.05) is 36.9 Å². The van der Waals surface area contributed by atoms with Crippen molar-refractivity contribution in [3.63, 3.8) is 0 Å². The Morgan fingerprint density at radius 2 is 1.82 bits per heavy atom. The highest BCUT2D eigenvalue weighted by molar-refractivity contribution is 5.96. The number of benzene rings is 2. The first kappa shape index (κ1) is 27.1. The summed E-state index contributed by atoms with van der Waals surface area (Å²) in [6.45, 7) is 6.47. The Bertz CT molecular complexity index is 1260. The molecule has 4 rings (SSSR count). The second-order valence-electron chi connectivity index (χ2n) is 10.4. The Balaban J connectivity index is 1.46. The van der Waals surface area contributed by atoms with Crippen molar-refractivity contribution in [3.8, 4) is 0 Å². The van der Waals surface area contributed by atoms with E-state index in [2.05, 4.69) is 39.3 Å². The van der Waals surface area contributed by atoms with E-state index >= 15 is 0 Å². The highest BCUT2D eigenvalue weighted by Gasteiger charge is 2.24. The third-order valence-corrected chi connectivity index (χ3v) is 6.63. The maximum Gasteiger partial charge on any atom is 0.271 e. The van der Waals surface area contributed by atoms with Gasteiger partial charge < -0.3 is 26.2 Å². The van der Waals surface area contributed by atoms with Crippen molar-refractivity contribution in [2.24, 2.45) is 5.73 Å². The molecule has 0 radical (unpaired) electrons. The summed E-state index contributed by atoms with van der Waals surface area (Å²) in [5, 5.41) is 6.37. The largest absolute Gasteiger partial charge is 0.364 e. The monoisotopic (exact) mass is 515 g/mol. The maximum atomic E-state index is 12.9. The molecule has 2 heterocycles. The van der Waals surface area contributed by atoms with Crippen LogP contribution in [0.5, 0.6) is 0 Å². The van der Waals surface area contributed by atoms with Gasteiger partial charge in [0.25, 0.3) is 11.8 Å². The van der Waals surface area contributed by atoms with Crippen LogP contribution in [0.4, 0.5) is 17.3 Å². The van der Waals surface area contributed by atoms with Crippen molar-refractivity contribution in [1.82, 2.24) is 20.2 Å². The molecule has 0 bridgehead atoms. The fourth-order valence-corrected chi connectivity index (χ4v) is 4.59. The van der Waals surface area contributed by atoms with E-state index in [-0.39, 0.29) is 17.6 Å². The van der Waals surface area contributed by atoms with Crippen molar-refractivity contribution in [1.29, 1.82) is 0 Å². The Morgan fingerprint density at radius 1 is 1.11 bits per heavy atom. The second-order valence-corrected chi connectivity index (χ2v) is 10.4. The predicted molar refractivity (Wildman–Crippen MR) is 151 cm³/mol. The lowest BCUT2D eigenvalue weighted by Crippen LogP contribution is -2.48. The molecule has 1 fully saturated rings. The number of nitrogens with zero attached hydrogens (tertiary/aromatic N) is 4.